The van der Waals surface area contributed by atoms with E-state index in [1.54, 1.807) is 12.3 Å². The first-order valence-corrected chi connectivity index (χ1v) is 5.80. The van der Waals surface area contributed by atoms with Gasteiger partial charge in [0.2, 0.25) is 0 Å². The van der Waals surface area contributed by atoms with Gasteiger partial charge in [0, 0.05) is 20.5 Å². The summed E-state index contributed by atoms with van der Waals surface area (Å²) < 4.78 is 5.48. The van der Waals surface area contributed by atoms with Crippen molar-refractivity contribution in [3.05, 3.63) is 24.0 Å². The fourth-order valence-electron chi connectivity index (χ4n) is 1.37. The van der Waals surface area contributed by atoms with Gasteiger partial charge in [0.15, 0.2) is 5.78 Å². The van der Waals surface area contributed by atoms with E-state index in [0.717, 1.165) is 12.2 Å². The molecule has 1 rings (SSSR count). The van der Waals surface area contributed by atoms with Crippen molar-refractivity contribution in [3.8, 4) is 0 Å². The second kappa shape index (κ2) is 6.35. The number of carbonyl (C=O) groups is 1. The molecule has 0 atom stereocenters. The van der Waals surface area contributed by atoms with Crippen molar-refractivity contribution >= 4 is 11.5 Å². The topological polar surface area (TPSA) is 42.4 Å². The summed E-state index contributed by atoms with van der Waals surface area (Å²) >= 11 is 0. The molecule has 0 saturated heterocycles. The van der Waals surface area contributed by atoms with E-state index in [0.29, 0.717) is 12.3 Å². The molecule has 4 heteroatoms. The fraction of sp³-hybridized carbons (Fsp3) is 0.538. The van der Waals surface area contributed by atoms with Crippen LogP contribution in [-0.4, -0.2) is 37.1 Å². The third-order valence-electron chi connectivity index (χ3n) is 2.43. The van der Waals surface area contributed by atoms with Crippen molar-refractivity contribution in [2.45, 2.75) is 26.9 Å². The average Bonchev–Trinajstić information content (AvgIpc) is 2.28. The third-order valence-corrected chi connectivity index (χ3v) is 2.43. The standard InChI is InChI=1S/C13H20N2O2/c1-10(2)17-8-7-15(4)12-5-6-13(11(3)16)14-9-12/h5-6,9-10H,7-8H2,1-4H3. The van der Waals surface area contributed by atoms with Gasteiger partial charge >= 0.3 is 0 Å². The second-order valence-electron chi connectivity index (χ2n) is 4.30. The number of rotatable bonds is 6. The molecule has 0 spiro atoms. The number of likely N-dealkylation sites (N-methyl/N-ethyl adjacent to an activating group) is 1. The van der Waals surface area contributed by atoms with Crippen LogP contribution in [0.5, 0.6) is 0 Å². The molecule has 1 aromatic rings. The fourth-order valence-corrected chi connectivity index (χ4v) is 1.37. The predicted molar refractivity (Wildman–Crippen MR) is 68.6 cm³/mol. The minimum Gasteiger partial charge on any atom is -0.377 e. The van der Waals surface area contributed by atoms with E-state index in [1.165, 1.54) is 6.92 Å². The van der Waals surface area contributed by atoms with Crippen LogP contribution in [0.15, 0.2) is 18.3 Å². The summed E-state index contributed by atoms with van der Waals surface area (Å²) in [5.74, 6) is -0.0117. The first kappa shape index (κ1) is 13.6. The lowest BCUT2D eigenvalue weighted by molar-refractivity contribution is 0.0846. The maximum absolute atomic E-state index is 11.1. The highest BCUT2D eigenvalue weighted by Crippen LogP contribution is 2.11. The van der Waals surface area contributed by atoms with Gasteiger partial charge in [-0.15, -0.1) is 0 Å². The Morgan fingerprint density at radius 2 is 2.18 bits per heavy atom. The van der Waals surface area contributed by atoms with Crippen molar-refractivity contribution in [2.24, 2.45) is 0 Å². The van der Waals surface area contributed by atoms with Crippen LogP contribution in [0.25, 0.3) is 0 Å². The van der Waals surface area contributed by atoms with Gasteiger partial charge < -0.3 is 9.64 Å². The highest BCUT2D eigenvalue weighted by molar-refractivity contribution is 5.92. The smallest absolute Gasteiger partial charge is 0.178 e. The summed E-state index contributed by atoms with van der Waals surface area (Å²) in [5.41, 5.74) is 1.49. The van der Waals surface area contributed by atoms with E-state index in [9.17, 15) is 4.79 Å². The molecule has 1 aromatic heterocycles. The zero-order valence-corrected chi connectivity index (χ0v) is 10.9. The molecule has 0 aromatic carbocycles. The first-order chi connectivity index (χ1) is 8.00. The van der Waals surface area contributed by atoms with Crippen LogP contribution in [-0.2, 0) is 4.74 Å². The van der Waals surface area contributed by atoms with Gasteiger partial charge in [0.25, 0.3) is 0 Å². The molecule has 0 unspecified atom stereocenters. The van der Waals surface area contributed by atoms with Gasteiger partial charge in [-0.25, -0.2) is 0 Å². The van der Waals surface area contributed by atoms with E-state index in [2.05, 4.69) is 9.88 Å². The monoisotopic (exact) mass is 236 g/mol. The van der Waals surface area contributed by atoms with Gasteiger partial charge in [-0.2, -0.15) is 0 Å². The van der Waals surface area contributed by atoms with Crippen LogP contribution in [0.3, 0.4) is 0 Å². The van der Waals surface area contributed by atoms with Crippen LogP contribution in [0.4, 0.5) is 5.69 Å². The number of ketones is 1. The van der Waals surface area contributed by atoms with E-state index < -0.39 is 0 Å². The third kappa shape index (κ3) is 4.53. The molecule has 0 bridgehead atoms. The zero-order valence-electron chi connectivity index (χ0n) is 10.9. The van der Waals surface area contributed by atoms with Crippen LogP contribution in [0.1, 0.15) is 31.3 Å². The Morgan fingerprint density at radius 1 is 1.47 bits per heavy atom. The Bertz CT molecular complexity index is 360. The van der Waals surface area contributed by atoms with Gasteiger partial charge in [-0.3, -0.25) is 9.78 Å². The number of nitrogens with zero attached hydrogens (tertiary/aromatic N) is 2. The number of ether oxygens (including phenoxy) is 1. The summed E-state index contributed by atoms with van der Waals surface area (Å²) in [5, 5.41) is 0. The summed E-state index contributed by atoms with van der Waals surface area (Å²) in [7, 11) is 1.98. The summed E-state index contributed by atoms with van der Waals surface area (Å²) in [4.78, 5) is 17.2. The lowest BCUT2D eigenvalue weighted by atomic mass is 10.2. The molecular formula is C13H20N2O2. The van der Waals surface area contributed by atoms with Gasteiger partial charge in [0.05, 0.1) is 24.6 Å². The molecule has 1 heterocycles. The number of anilines is 1. The minimum atomic E-state index is -0.0117. The van der Waals surface area contributed by atoms with Crippen molar-refractivity contribution < 1.29 is 9.53 Å². The summed E-state index contributed by atoms with van der Waals surface area (Å²) in [6.45, 7) is 7.04. The Kier molecular flexibility index (Phi) is 5.10. The largest absolute Gasteiger partial charge is 0.377 e. The zero-order chi connectivity index (χ0) is 12.8. The number of aromatic nitrogens is 1. The summed E-state index contributed by atoms with van der Waals surface area (Å²) in [6, 6.07) is 3.65. The number of hydrogen-bond donors (Lipinski definition) is 0. The molecule has 94 valence electrons. The molecule has 0 amide bonds. The van der Waals surface area contributed by atoms with Crippen molar-refractivity contribution in [3.63, 3.8) is 0 Å². The molecule has 0 aliphatic rings. The number of pyridine rings is 1. The minimum absolute atomic E-state index is 0.0117. The molecule has 17 heavy (non-hydrogen) atoms. The number of carbonyl (C=O) groups excluding carboxylic acids is 1. The van der Waals surface area contributed by atoms with Crippen molar-refractivity contribution in [1.82, 2.24) is 4.98 Å². The molecule has 0 fully saturated rings. The Labute approximate surface area is 103 Å². The number of hydrogen-bond acceptors (Lipinski definition) is 4. The Morgan fingerprint density at radius 3 is 2.65 bits per heavy atom. The van der Waals surface area contributed by atoms with E-state index in [1.807, 2.05) is 27.0 Å². The van der Waals surface area contributed by atoms with E-state index >= 15 is 0 Å². The molecule has 0 aliphatic carbocycles. The maximum Gasteiger partial charge on any atom is 0.178 e. The lowest BCUT2D eigenvalue weighted by Gasteiger charge is -2.19. The van der Waals surface area contributed by atoms with E-state index in [4.69, 9.17) is 4.74 Å². The normalized spacial score (nSPS) is 10.6. The quantitative estimate of drug-likeness (QED) is 0.710. The molecule has 4 nitrogen and oxygen atoms in total. The molecule has 0 aliphatic heterocycles. The van der Waals surface area contributed by atoms with Crippen LogP contribution >= 0.6 is 0 Å². The SMILES string of the molecule is CC(=O)c1ccc(N(C)CCOC(C)C)cn1. The van der Waals surface area contributed by atoms with Crippen LogP contribution < -0.4 is 4.90 Å². The highest BCUT2D eigenvalue weighted by Gasteiger charge is 2.04. The van der Waals surface area contributed by atoms with Crippen molar-refractivity contribution in [1.29, 1.82) is 0 Å². The molecular weight excluding hydrogens is 216 g/mol. The average molecular weight is 236 g/mol. The Balaban J connectivity index is 2.51. The van der Waals surface area contributed by atoms with Gasteiger partial charge in [0.1, 0.15) is 5.69 Å². The van der Waals surface area contributed by atoms with Crippen molar-refractivity contribution in [2.75, 3.05) is 25.1 Å². The second-order valence-corrected chi connectivity index (χ2v) is 4.30. The molecule has 0 N–H and O–H groups in total. The van der Waals surface area contributed by atoms with Crippen LogP contribution in [0, 0.1) is 0 Å². The van der Waals surface area contributed by atoms with Gasteiger partial charge in [-0.05, 0) is 26.0 Å². The first-order valence-electron chi connectivity index (χ1n) is 5.80. The molecule has 0 radical (unpaired) electrons. The molecule has 0 saturated carbocycles. The lowest BCUT2D eigenvalue weighted by Crippen LogP contribution is -2.24. The number of Topliss-reactive ketones (excluding diaryl/α,β-unsaturated/α-hetero) is 1. The highest BCUT2D eigenvalue weighted by atomic mass is 16.5. The van der Waals surface area contributed by atoms with Crippen LogP contribution in [0.2, 0.25) is 0 Å². The predicted octanol–water partition coefficient (Wildman–Crippen LogP) is 2.15. The van der Waals surface area contributed by atoms with E-state index in [-0.39, 0.29) is 11.9 Å². The van der Waals surface area contributed by atoms with Gasteiger partial charge in [-0.1, -0.05) is 0 Å². The maximum atomic E-state index is 11.1. The Hall–Kier alpha value is -1.42. The summed E-state index contributed by atoms with van der Waals surface area (Å²) in [6.07, 6.45) is 1.97.